The summed E-state index contributed by atoms with van der Waals surface area (Å²) >= 11 is 0. The SMILES string of the molecule is CCC1CN(c2nc(N=CN(C)C)nc(C)c2Cc2ccc(CC#N)cc2)C(=O)O1. The monoisotopic (exact) mass is 406 g/mol. The molecular weight excluding hydrogens is 380 g/mol. The molecule has 1 unspecified atom stereocenters. The molecule has 2 heterocycles. The van der Waals surface area contributed by atoms with Crippen LogP contribution in [0.1, 0.15) is 35.7 Å². The number of rotatable bonds is 7. The van der Waals surface area contributed by atoms with E-state index in [2.05, 4.69) is 21.0 Å². The zero-order valence-electron chi connectivity index (χ0n) is 17.8. The Bertz CT molecular complexity index is 978. The molecule has 8 heteroatoms. The summed E-state index contributed by atoms with van der Waals surface area (Å²) in [5.41, 5.74) is 3.64. The summed E-state index contributed by atoms with van der Waals surface area (Å²) in [6, 6.07) is 10.0. The van der Waals surface area contributed by atoms with E-state index in [0.29, 0.717) is 31.2 Å². The predicted octanol–water partition coefficient (Wildman–Crippen LogP) is 3.40. The maximum Gasteiger partial charge on any atom is 0.415 e. The van der Waals surface area contributed by atoms with Gasteiger partial charge in [-0.2, -0.15) is 10.2 Å². The number of hydrogen-bond donors (Lipinski definition) is 0. The average Bonchev–Trinajstić information content (AvgIpc) is 3.10. The van der Waals surface area contributed by atoms with Crippen LogP contribution in [0.15, 0.2) is 29.3 Å². The summed E-state index contributed by atoms with van der Waals surface area (Å²) in [5, 5.41) is 8.86. The predicted molar refractivity (Wildman–Crippen MR) is 115 cm³/mol. The molecule has 30 heavy (non-hydrogen) atoms. The number of aliphatic imine (C=N–C) groups is 1. The minimum Gasteiger partial charge on any atom is -0.444 e. The number of carbonyl (C=O) groups excluding carboxylic acids is 1. The summed E-state index contributed by atoms with van der Waals surface area (Å²) < 4.78 is 5.45. The number of nitrogens with zero attached hydrogens (tertiary/aromatic N) is 6. The number of cyclic esters (lactones) is 1. The molecule has 0 radical (unpaired) electrons. The summed E-state index contributed by atoms with van der Waals surface area (Å²) in [7, 11) is 3.73. The molecule has 0 saturated carbocycles. The van der Waals surface area contributed by atoms with Gasteiger partial charge >= 0.3 is 6.09 Å². The first-order valence-electron chi connectivity index (χ1n) is 9.92. The van der Waals surface area contributed by atoms with Crippen molar-refractivity contribution in [2.24, 2.45) is 4.99 Å². The Labute approximate surface area is 176 Å². The van der Waals surface area contributed by atoms with Gasteiger partial charge in [0.2, 0.25) is 0 Å². The molecule has 1 amide bonds. The highest BCUT2D eigenvalue weighted by atomic mass is 16.6. The topological polar surface area (TPSA) is 94.7 Å². The van der Waals surface area contributed by atoms with Crippen LogP contribution in [-0.4, -0.2) is 54.0 Å². The summed E-state index contributed by atoms with van der Waals surface area (Å²) in [6.45, 7) is 4.35. The van der Waals surface area contributed by atoms with E-state index in [1.54, 1.807) is 16.1 Å². The maximum atomic E-state index is 12.5. The molecule has 1 saturated heterocycles. The summed E-state index contributed by atoms with van der Waals surface area (Å²) in [6.07, 6.45) is 2.76. The van der Waals surface area contributed by atoms with Crippen LogP contribution in [0, 0.1) is 18.3 Å². The van der Waals surface area contributed by atoms with E-state index in [4.69, 9.17) is 10.00 Å². The fraction of sp³-hybridized carbons (Fsp3) is 0.409. The zero-order valence-corrected chi connectivity index (χ0v) is 17.8. The van der Waals surface area contributed by atoms with Crippen molar-refractivity contribution >= 4 is 24.2 Å². The Kier molecular flexibility index (Phi) is 6.62. The lowest BCUT2D eigenvalue weighted by Gasteiger charge is -2.18. The molecule has 1 atom stereocenters. The van der Waals surface area contributed by atoms with Crippen molar-refractivity contribution in [3.8, 4) is 6.07 Å². The number of aryl methyl sites for hydroxylation is 1. The van der Waals surface area contributed by atoms with Crippen LogP contribution in [0.5, 0.6) is 0 Å². The van der Waals surface area contributed by atoms with E-state index >= 15 is 0 Å². The van der Waals surface area contributed by atoms with Crippen molar-refractivity contribution in [1.29, 1.82) is 5.26 Å². The third kappa shape index (κ3) is 4.92. The first-order chi connectivity index (χ1) is 14.4. The smallest absolute Gasteiger partial charge is 0.415 e. The number of ether oxygens (including phenoxy) is 1. The molecule has 1 aliphatic rings. The Morgan fingerprint density at radius 1 is 1.30 bits per heavy atom. The van der Waals surface area contributed by atoms with Gasteiger partial charge < -0.3 is 9.64 Å². The van der Waals surface area contributed by atoms with Gasteiger partial charge in [0.05, 0.1) is 25.4 Å². The molecule has 1 fully saturated rings. The highest BCUT2D eigenvalue weighted by Gasteiger charge is 2.34. The number of benzene rings is 1. The van der Waals surface area contributed by atoms with E-state index < -0.39 is 6.09 Å². The van der Waals surface area contributed by atoms with Crippen LogP contribution >= 0.6 is 0 Å². The number of amides is 1. The zero-order chi connectivity index (χ0) is 21.7. The highest BCUT2D eigenvalue weighted by molar-refractivity contribution is 5.89. The Balaban J connectivity index is 2.00. The van der Waals surface area contributed by atoms with E-state index in [1.807, 2.05) is 52.2 Å². The third-order valence-corrected chi connectivity index (χ3v) is 4.86. The second-order valence-corrected chi connectivity index (χ2v) is 7.47. The maximum absolute atomic E-state index is 12.5. The molecule has 0 spiro atoms. The molecule has 156 valence electrons. The van der Waals surface area contributed by atoms with Crippen molar-refractivity contribution in [3.63, 3.8) is 0 Å². The molecule has 2 aromatic rings. The van der Waals surface area contributed by atoms with E-state index in [-0.39, 0.29) is 6.10 Å². The van der Waals surface area contributed by atoms with Gasteiger partial charge in [-0.3, -0.25) is 4.90 Å². The van der Waals surface area contributed by atoms with Gasteiger partial charge in [-0.1, -0.05) is 31.2 Å². The standard InChI is InChI=1S/C22H26N6O2/c1-5-18-13-28(22(29)30-18)20-19(12-17-8-6-16(7-9-17)10-11-23)15(2)25-21(26-20)24-14-27(3)4/h6-9,14,18H,5,10,12-13H2,1-4H3. The van der Waals surface area contributed by atoms with Gasteiger partial charge in [-0.05, 0) is 24.5 Å². The van der Waals surface area contributed by atoms with Crippen molar-refractivity contribution in [1.82, 2.24) is 14.9 Å². The Morgan fingerprint density at radius 3 is 2.60 bits per heavy atom. The minimum absolute atomic E-state index is 0.153. The molecule has 0 bridgehead atoms. The second-order valence-electron chi connectivity index (χ2n) is 7.47. The Morgan fingerprint density at radius 2 is 2.00 bits per heavy atom. The first-order valence-corrected chi connectivity index (χ1v) is 9.92. The van der Waals surface area contributed by atoms with Crippen LogP contribution in [0.25, 0.3) is 0 Å². The fourth-order valence-corrected chi connectivity index (χ4v) is 3.20. The molecule has 1 aromatic heterocycles. The van der Waals surface area contributed by atoms with Gasteiger partial charge in [-0.25, -0.2) is 14.8 Å². The van der Waals surface area contributed by atoms with Gasteiger partial charge in [0.25, 0.3) is 5.95 Å². The van der Waals surface area contributed by atoms with Gasteiger partial charge in [0.15, 0.2) is 0 Å². The molecule has 0 aliphatic carbocycles. The highest BCUT2D eigenvalue weighted by Crippen LogP contribution is 2.30. The van der Waals surface area contributed by atoms with Crippen LogP contribution in [0.4, 0.5) is 16.6 Å². The molecule has 0 N–H and O–H groups in total. The lowest BCUT2D eigenvalue weighted by molar-refractivity contribution is 0.139. The molecule has 1 aliphatic heterocycles. The number of hydrogen-bond acceptors (Lipinski definition) is 6. The van der Waals surface area contributed by atoms with Crippen molar-refractivity contribution in [2.45, 2.75) is 39.2 Å². The molecule has 3 rings (SSSR count). The number of nitriles is 1. The van der Waals surface area contributed by atoms with Crippen LogP contribution in [0.3, 0.4) is 0 Å². The second kappa shape index (κ2) is 9.35. The molecule has 8 nitrogen and oxygen atoms in total. The lowest BCUT2D eigenvalue weighted by Crippen LogP contribution is -2.27. The van der Waals surface area contributed by atoms with Crippen LogP contribution in [0.2, 0.25) is 0 Å². The molecule has 1 aromatic carbocycles. The first kappa shape index (κ1) is 21.2. The number of carbonyl (C=O) groups is 1. The fourth-order valence-electron chi connectivity index (χ4n) is 3.20. The van der Waals surface area contributed by atoms with Gasteiger partial charge in [-0.15, -0.1) is 0 Å². The summed E-state index contributed by atoms with van der Waals surface area (Å²) in [5.74, 6) is 0.840. The average molecular weight is 406 g/mol. The largest absolute Gasteiger partial charge is 0.444 e. The Hall–Kier alpha value is -3.47. The third-order valence-electron chi connectivity index (χ3n) is 4.86. The van der Waals surface area contributed by atoms with Crippen molar-refractivity contribution in [2.75, 3.05) is 25.5 Å². The quantitative estimate of drug-likeness (QED) is 0.517. The van der Waals surface area contributed by atoms with Crippen LogP contribution in [-0.2, 0) is 17.6 Å². The minimum atomic E-state index is -0.395. The van der Waals surface area contributed by atoms with E-state index in [9.17, 15) is 4.79 Å². The van der Waals surface area contributed by atoms with Crippen LogP contribution < -0.4 is 4.90 Å². The lowest BCUT2D eigenvalue weighted by atomic mass is 10.0. The number of aromatic nitrogens is 2. The number of anilines is 1. The van der Waals surface area contributed by atoms with E-state index in [1.165, 1.54) is 0 Å². The van der Waals surface area contributed by atoms with E-state index in [0.717, 1.165) is 28.8 Å². The normalized spacial score (nSPS) is 16.0. The van der Waals surface area contributed by atoms with Gasteiger partial charge in [0.1, 0.15) is 11.9 Å². The van der Waals surface area contributed by atoms with Crippen molar-refractivity contribution in [3.05, 3.63) is 46.6 Å². The van der Waals surface area contributed by atoms with Crippen molar-refractivity contribution < 1.29 is 9.53 Å². The molecular formula is C22H26N6O2. The van der Waals surface area contributed by atoms with Gasteiger partial charge in [0, 0.05) is 31.8 Å². The summed E-state index contributed by atoms with van der Waals surface area (Å²) in [4.78, 5) is 29.3.